The zero-order valence-electron chi connectivity index (χ0n) is 8.94. The van der Waals surface area contributed by atoms with Crippen LogP contribution >= 0.6 is 0 Å². The van der Waals surface area contributed by atoms with E-state index in [0.717, 1.165) is 25.2 Å². The summed E-state index contributed by atoms with van der Waals surface area (Å²) in [7, 11) is 1.67. The molecule has 2 N–H and O–H groups in total. The van der Waals surface area contributed by atoms with Crippen molar-refractivity contribution < 1.29 is 4.74 Å². The van der Waals surface area contributed by atoms with Crippen molar-refractivity contribution in [2.75, 3.05) is 13.7 Å². The lowest BCUT2D eigenvalue weighted by atomic mass is 10.2. The number of rotatable bonds is 6. The second kappa shape index (κ2) is 5.78. The first-order valence-electron chi connectivity index (χ1n) is 5.02. The van der Waals surface area contributed by atoms with Crippen LogP contribution in [0.5, 0.6) is 0 Å². The van der Waals surface area contributed by atoms with Gasteiger partial charge in [0.2, 0.25) is 0 Å². The summed E-state index contributed by atoms with van der Waals surface area (Å²) in [6.07, 6.45) is 5.71. The number of nitrogens with two attached hydrogens (primary N) is 1. The first kappa shape index (κ1) is 11.2. The Morgan fingerprint density at radius 2 is 2.43 bits per heavy atom. The molecule has 1 unspecified atom stereocenters. The second-order valence-corrected chi connectivity index (χ2v) is 3.46. The molecule has 4 nitrogen and oxygen atoms in total. The van der Waals surface area contributed by atoms with E-state index >= 15 is 0 Å². The molecule has 0 aliphatic heterocycles. The second-order valence-electron chi connectivity index (χ2n) is 3.46. The maximum absolute atomic E-state index is 5.86. The average Bonchev–Trinajstić information content (AvgIpc) is 2.54. The molecule has 0 amide bonds. The van der Waals surface area contributed by atoms with Gasteiger partial charge in [-0.15, -0.1) is 0 Å². The Labute approximate surface area is 85.1 Å². The van der Waals surface area contributed by atoms with Crippen molar-refractivity contribution in [2.24, 2.45) is 5.73 Å². The molecule has 0 saturated heterocycles. The van der Waals surface area contributed by atoms with Gasteiger partial charge < -0.3 is 15.0 Å². The van der Waals surface area contributed by atoms with E-state index < -0.39 is 0 Å². The number of imidazole rings is 1. The predicted octanol–water partition coefficient (Wildman–Crippen LogP) is 0.809. The molecule has 0 aromatic carbocycles. The number of hydrogen-bond donors (Lipinski definition) is 1. The van der Waals surface area contributed by atoms with Crippen LogP contribution in [0.15, 0.2) is 12.4 Å². The Bertz CT molecular complexity index is 260. The number of hydrogen-bond acceptors (Lipinski definition) is 3. The smallest absolute Gasteiger partial charge is 0.110 e. The minimum absolute atomic E-state index is 0.0398. The Kier molecular flexibility index (Phi) is 4.62. The van der Waals surface area contributed by atoms with Crippen molar-refractivity contribution >= 4 is 0 Å². The lowest BCUT2D eigenvalue weighted by molar-refractivity contribution is 0.179. The monoisotopic (exact) mass is 197 g/mol. The van der Waals surface area contributed by atoms with E-state index in [-0.39, 0.29) is 6.04 Å². The summed E-state index contributed by atoms with van der Waals surface area (Å²) < 4.78 is 7.14. The Balaban J connectivity index is 2.52. The van der Waals surface area contributed by atoms with Crippen molar-refractivity contribution in [1.29, 1.82) is 0 Å². The fourth-order valence-corrected chi connectivity index (χ4v) is 1.48. The van der Waals surface area contributed by atoms with Gasteiger partial charge in [-0.25, -0.2) is 4.98 Å². The molecule has 1 aromatic heterocycles. The summed E-state index contributed by atoms with van der Waals surface area (Å²) >= 11 is 0. The van der Waals surface area contributed by atoms with Crippen molar-refractivity contribution in [3.05, 3.63) is 18.2 Å². The van der Waals surface area contributed by atoms with Gasteiger partial charge >= 0.3 is 0 Å². The molecule has 1 rings (SSSR count). The molecule has 1 aromatic rings. The van der Waals surface area contributed by atoms with E-state index in [1.807, 2.05) is 12.4 Å². The minimum Gasteiger partial charge on any atom is -0.383 e. The highest BCUT2D eigenvalue weighted by atomic mass is 16.5. The van der Waals surface area contributed by atoms with Crippen LogP contribution in [0.4, 0.5) is 0 Å². The lowest BCUT2D eigenvalue weighted by Crippen LogP contribution is -2.29. The highest BCUT2D eigenvalue weighted by molar-refractivity contribution is 4.95. The van der Waals surface area contributed by atoms with E-state index in [0.29, 0.717) is 6.61 Å². The quantitative estimate of drug-likeness (QED) is 0.734. The maximum atomic E-state index is 5.86. The van der Waals surface area contributed by atoms with Gasteiger partial charge in [-0.2, -0.15) is 0 Å². The van der Waals surface area contributed by atoms with Crippen LogP contribution < -0.4 is 5.73 Å². The Morgan fingerprint density at radius 1 is 1.64 bits per heavy atom. The van der Waals surface area contributed by atoms with E-state index in [9.17, 15) is 0 Å². The van der Waals surface area contributed by atoms with Crippen molar-refractivity contribution in [3.63, 3.8) is 0 Å². The predicted molar refractivity (Wildman–Crippen MR) is 56.1 cm³/mol. The molecule has 1 heterocycles. The molecule has 0 aliphatic rings. The lowest BCUT2D eigenvalue weighted by Gasteiger charge is -2.11. The zero-order valence-corrected chi connectivity index (χ0v) is 8.94. The summed E-state index contributed by atoms with van der Waals surface area (Å²) in [5.41, 5.74) is 5.86. The molecule has 80 valence electrons. The van der Waals surface area contributed by atoms with Crippen LogP contribution in [-0.2, 0) is 17.7 Å². The molecule has 4 heteroatoms. The van der Waals surface area contributed by atoms with Crippen LogP contribution in [0, 0.1) is 0 Å². The van der Waals surface area contributed by atoms with Crippen LogP contribution in [0.25, 0.3) is 0 Å². The fraction of sp³-hybridized carbons (Fsp3) is 0.700. The van der Waals surface area contributed by atoms with Crippen molar-refractivity contribution in [1.82, 2.24) is 9.55 Å². The normalized spacial score (nSPS) is 13.1. The van der Waals surface area contributed by atoms with Gasteiger partial charge in [0.15, 0.2) is 0 Å². The van der Waals surface area contributed by atoms with Crippen molar-refractivity contribution in [3.8, 4) is 0 Å². The Hall–Kier alpha value is -0.870. The third-order valence-electron chi connectivity index (χ3n) is 2.09. The summed E-state index contributed by atoms with van der Waals surface area (Å²) in [5.74, 6) is 1.05. The standard InChI is InChI=1S/C10H19N3O/c1-3-5-13-6-4-12-10(13)7-9(11)8-14-2/h4,6,9H,3,5,7-8,11H2,1-2H3. The molecule has 0 spiro atoms. The third-order valence-corrected chi connectivity index (χ3v) is 2.09. The van der Waals surface area contributed by atoms with Crippen LogP contribution in [0.2, 0.25) is 0 Å². The molecule has 0 aliphatic carbocycles. The topological polar surface area (TPSA) is 53.1 Å². The molecule has 0 fully saturated rings. The van der Waals surface area contributed by atoms with Gasteiger partial charge in [0.05, 0.1) is 6.61 Å². The first-order valence-corrected chi connectivity index (χ1v) is 5.02. The molecule has 0 bridgehead atoms. The number of nitrogens with zero attached hydrogens (tertiary/aromatic N) is 2. The van der Waals surface area contributed by atoms with Crippen LogP contribution in [-0.4, -0.2) is 29.3 Å². The maximum Gasteiger partial charge on any atom is 0.110 e. The molecule has 0 saturated carbocycles. The van der Waals surface area contributed by atoms with E-state index in [2.05, 4.69) is 16.5 Å². The van der Waals surface area contributed by atoms with Gasteiger partial charge in [0.1, 0.15) is 5.82 Å². The molecule has 14 heavy (non-hydrogen) atoms. The van der Waals surface area contributed by atoms with Gasteiger partial charge in [-0.05, 0) is 6.42 Å². The number of aryl methyl sites for hydroxylation is 1. The average molecular weight is 197 g/mol. The number of aromatic nitrogens is 2. The highest BCUT2D eigenvalue weighted by Gasteiger charge is 2.08. The number of methoxy groups -OCH3 is 1. The van der Waals surface area contributed by atoms with Crippen molar-refractivity contribution in [2.45, 2.75) is 32.4 Å². The molecule has 1 atom stereocenters. The largest absolute Gasteiger partial charge is 0.383 e. The summed E-state index contributed by atoms with van der Waals surface area (Å²) in [6.45, 7) is 3.74. The zero-order chi connectivity index (χ0) is 10.4. The van der Waals surface area contributed by atoms with Gasteiger partial charge in [-0.3, -0.25) is 0 Å². The first-order chi connectivity index (χ1) is 6.77. The minimum atomic E-state index is 0.0398. The Morgan fingerprint density at radius 3 is 3.07 bits per heavy atom. The van der Waals surface area contributed by atoms with E-state index in [1.165, 1.54) is 0 Å². The van der Waals surface area contributed by atoms with Crippen LogP contribution in [0.3, 0.4) is 0 Å². The van der Waals surface area contributed by atoms with Crippen LogP contribution in [0.1, 0.15) is 19.2 Å². The SMILES string of the molecule is CCCn1ccnc1CC(N)COC. The van der Waals surface area contributed by atoms with Gasteiger partial charge in [0.25, 0.3) is 0 Å². The summed E-state index contributed by atoms with van der Waals surface area (Å²) in [5, 5.41) is 0. The third kappa shape index (κ3) is 3.12. The fourth-order valence-electron chi connectivity index (χ4n) is 1.48. The van der Waals surface area contributed by atoms with E-state index in [1.54, 1.807) is 7.11 Å². The van der Waals surface area contributed by atoms with Gasteiger partial charge in [-0.1, -0.05) is 6.92 Å². The number of ether oxygens (including phenoxy) is 1. The summed E-state index contributed by atoms with van der Waals surface area (Å²) in [6, 6.07) is 0.0398. The highest BCUT2D eigenvalue weighted by Crippen LogP contribution is 2.02. The van der Waals surface area contributed by atoms with Gasteiger partial charge in [0, 0.05) is 38.5 Å². The molecule has 0 radical (unpaired) electrons. The van der Waals surface area contributed by atoms with E-state index in [4.69, 9.17) is 10.5 Å². The summed E-state index contributed by atoms with van der Waals surface area (Å²) in [4.78, 5) is 4.28. The molecular formula is C10H19N3O. The molecular weight excluding hydrogens is 178 g/mol.